The maximum Gasteiger partial charge on any atom is 0.267 e. The molecule has 1 amide bonds. The number of aliphatic hydroxyl groups excluding tert-OH is 1. The van der Waals surface area contributed by atoms with Gasteiger partial charge in [-0.2, -0.15) is 10.2 Å². The van der Waals surface area contributed by atoms with Crippen LogP contribution in [0.1, 0.15) is 46.0 Å². The molecule has 208 valence electrons. The smallest absolute Gasteiger partial charge is 0.267 e. The van der Waals surface area contributed by atoms with Crippen LogP contribution in [0.25, 0.3) is 22.2 Å². The number of para-hydroxylation sites is 1. The number of rotatable bonds is 6. The highest BCUT2D eigenvalue weighted by Crippen LogP contribution is 2.21. The van der Waals surface area contributed by atoms with Crippen LogP contribution in [-0.4, -0.2) is 51.6 Å². The van der Waals surface area contributed by atoms with E-state index < -0.39 is 6.04 Å². The topological polar surface area (TPSA) is 132 Å². The van der Waals surface area contributed by atoms with E-state index in [9.17, 15) is 9.59 Å². The molecule has 4 heterocycles. The van der Waals surface area contributed by atoms with Gasteiger partial charge in [0.2, 0.25) is 0 Å². The summed E-state index contributed by atoms with van der Waals surface area (Å²) >= 11 is 0. The first-order valence-corrected chi connectivity index (χ1v) is 13.3. The maximum atomic E-state index is 14.2. The summed E-state index contributed by atoms with van der Waals surface area (Å²) in [5.41, 5.74) is 3.26. The van der Waals surface area contributed by atoms with Gasteiger partial charge in [0.25, 0.3) is 11.5 Å². The number of hydrogen-bond donors (Lipinski definition) is 2. The van der Waals surface area contributed by atoms with Crippen LogP contribution in [0, 0.1) is 18.8 Å². The lowest BCUT2D eigenvalue weighted by Crippen LogP contribution is -2.33. The van der Waals surface area contributed by atoms with Crippen molar-refractivity contribution in [3.8, 4) is 17.5 Å². The normalized spacial score (nSPS) is 11.8. The second-order valence-corrected chi connectivity index (χ2v) is 9.65. The summed E-state index contributed by atoms with van der Waals surface area (Å²) in [7, 11) is 0. The zero-order valence-corrected chi connectivity index (χ0v) is 22.9. The third kappa shape index (κ3) is 4.91. The molecule has 0 fully saturated rings. The second kappa shape index (κ2) is 11.1. The monoisotopic (exact) mass is 558 g/mol. The van der Waals surface area contributed by atoms with Gasteiger partial charge in [0.05, 0.1) is 53.2 Å². The maximum absolute atomic E-state index is 14.2. The molecule has 6 aromatic rings. The third-order valence-electron chi connectivity index (χ3n) is 6.77. The number of benzene rings is 2. The molecule has 0 saturated heterocycles. The first-order valence-electron chi connectivity index (χ1n) is 13.3. The largest absolute Gasteiger partial charge is 0.394 e. The molecule has 42 heavy (non-hydrogen) atoms. The summed E-state index contributed by atoms with van der Waals surface area (Å²) in [6.45, 7) is 3.88. The van der Waals surface area contributed by atoms with Gasteiger partial charge in [-0.3, -0.25) is 18.8 Å². The highest BCUT2D eigenvalue weighted by molar-refractivity contribution is 6.01. The minimum Gasteiger partial charge on any atom is -0.394 e. The van der Waals surface area contributed by atoms with E-state index >= 15 is 0 Å². The summed E-state index contributed by atoms with van der Waals surface area (Å²) in [6.07, 6.45) is 6.68. The average Bonchev–Trinajstić information content (AvgIpc) is 3.59. The van der Waals surface area contributed by atoms with Crippen molar-refractivity contribution in [1.29, 1.82) is 0 Å². The van der Waals surface area contributed by atoms with E-state index in [0.29, 0.717) is 57.0 Å². The Morgan fingerprint density at radius 1 is 1.10 bits per heavy atom. The van der Waals surface area contributed by atoms with Crippen LogP contribution >= 0.6 is 0 Å². The fraction of sp³-hybridized carbons (Fsp3) is 0.161. The summed E-state index contributed by atoms with van der Waals surface area (Å²) in [4.78, 5) is 36.9. The number of nitrogens with one attached hydrogen (secondary N) is 1. The molecule has 0 radical (unpaired) electrons. The van der Waals surface area contributed by atoms with Crippen molar-refractivity contribution in [2.24, 2.45) is 0 Å². The lowest BCUT2D eigenvalue weighted by Gasteiger charge is -2.20. The van der Waals surface area contributed by atoms with Gasteiger partial charge in [-0.05, 0) is 44.2 Å². The zero-order chi connectivity index (χ0) is 29.2. The summed E-state index contributed by atoms with van der Waals surface area (Å²) in [6, 6.07) is 15.6. The van der Waals surface area contributed by atoms with E-state index in [1.54, 1.807) is 72.1 Å². The minimum absolute atomic E-state index is 0.0283. The van der Waals surface area contributed by atoms with E-state index in [2.05, 4.69) is 32.3 Å². The van der Waals surface area contributed by atoms with Crippen LogP contribution in [0.4, 0.5) is 0 Å². The van der Waals surface area contributed by atoms with Crippen LogP contribution in [0.5, 0.6) is 0 Å². The Hall–Kier alpha value is -5.60. The van der Waals surface area contributed by atoms with Gasteiger partial charge in [-0.25, -0.2) is 14.5 Å². The Morgan fingerprint density at radius 2 is 1.93 bits per heavy atom. The lowest BCUT2D eigenvalue weighted by atomic mass is 10.1. The number of carbonyl (C=O) groups is 1. The standard InChI is InChI=1S/C31H26N8O3/c1-20-26(29-32-14-7-15-38(29)36-20)30(41)34-21(2)28-35-25-11-6-8-23(13-12-22-18-33-37(19-22)16-17-40)27(25)31(42)39(28)24-9-4-3-5-10-24/h3-11,14-15,18-19,21,40H,16-17H2,1-2H3,(H,34,41). The number of fused-ring (bicyclic) bond motifs is 2. The molecule has 0 bridgehead atoms. The van der Waals surface area contributed by atoms with E-state index in [1.165, 1.54) is 4.57 Å². The first-order chi connectivity index (χ1) is 20.4. The molecule has 0 aliphatic heterocycles. The Balaban J connectivity index is 1.45. The Kier molecular flexibility index (Phi) is 7.04. The fourth-order valence-corrected chi connectivity index (χ4v) is 4.86. The molecular weight excluding hydrogens is 532 g/mol. The van der Waals surface area contributed by atoms with Gasteiger partial charge in [-0.15, -0.1) is 0 Å². The number of carbonyl (C=O) groups excluding carboxylic acids is 1. The lowest BCUT2D eigenvalue weighted by molar-refractivity contribution is 0.0938. The fourth-order valence-electron chi connectivity index (χ4n) is 4.86. The van der Waals surface area contributed by atoms with Crippen molar-refractivity contribution in [3.63, 3.8) is 0 Å². The molecule has 0 aliphatic carbocycles. The number of nitrogens with zero attached hydrogens (tertiary/aromatic N) is 7. The highest BCUT2D eigenvalue weighted by Gasteiger charge is 2.24. The third-order valence-corrected chi connectivity index (χ3v) is 6.77. The van der Waals surface area contributed by atoms with Crippen molar-refractivity contribution < 1.29 is 9.90 Å². The molecule has 2 N–H and O–H groups in total. The van der Waals surface area contributed by atoms with E-state index in [-0.39, 0.29) is 18.1 Å². The molecule has 0 spiro atoms. The van der Waals surface area contributed by atoms with Crippen molar-refractivity contribution in [2.75, 3.05) is 6.61 Å². The van der Waals surface area contributed by atoms with E-state index in [1.807, 2.05) is 30.3 Å². The number of amides is 1. The number of aryl methyl sites for hydroxylation is 1. The van der Waals surface area contributed by atoms with Crippen LogP contribution < -0.4 is 10.9 Å². The summed E-state index contributed by atoms with van der Waals surface area (Å²) in [5, 5.41) is 21.1. The van der Waals surface area contributed by atoms with E-state index in [4.69, 9.17) is 10.1 Å². The molecule has 11 heteroatoms. The molecule has 0 saturated carbocycles. The number of aliphatic hydroxyl groups is 1. The molecule has 1 unspecified atom stereocenters. The zero-order valence-electron chi connectivity index (χ0n) is 22.9. The molecule has 2 aromatic carbocycles. The van der Waals surface area contributed by atoms with Gasteiger partial charge in [-0.1, -0.05) is 36.1 Å². The van der Waals surface area contributed by atoms with Crippen LogP contribution in [0.3, 0.4) is 0 Å². The van der Waals surface area contributed by atoms with Crippen molar-refractivity contribution in [1.82, 2.24) is 39.2 Å². The molecule has 11 nitrogen and oxygen atoms in total. The highest BCUT2D eigenvalue weighted by atomic mass is 16.3. The Morgan fingerprint density at radius 3 is 2.74 bits per heavy atom. The van der Waals surface area contributed by atoms with Gasteiger partial charge >= 0.3 is 0 Å². The average molecular weight is 559 g/mol. The van der Waals surface area contributed by atoms with Crippen LogP contribution in [0.15, 0.2) is 84.2 Å². The van der Waals surface area contributed by atoms with Crippen LogP contribution in [-0.2, 0) is 6.54 Å². The van der Waals surface area contributed by atoms with Gasteiger partial charge in [0.15, 0.2) is 5.65 Å². The van der Waals surface area contributed by atoms with Gasteiger partial charge in [0.1, 0.15) is 11.4 Å². The summed E-state index contributed by atoms with van der Waals surface area (Å²) < 4.78 is 4.67. The van der Waals surface area contributed by atoms with Crippen molar-refractivity contribution in [2.45, 2.75) is 26.4 Å². The summed E-state index contributed by atoms with van der Waals surface area (Å²) in [5.74, 6) is 6.15. The Bertz CT molecular complexity index is 2070. The molecule has 6 rings (SSSR count). The van der Waals surface area contributed by atoms with Crippen LogP contribution in [0.2, 0.25) is 0 Å². The second-order valence-electron chi connectivity index (χ2n) is 9.65. The Labute approximate surface area is 240 Å². The van der Waals surface area contributed by atoms with Gasteiger partial charge < -0.3 is 10.4 Å². The molecule has 1 atom stereocenters. The molecule has 4 aromatic heterocycles. The predicted molar refractivity (Wildman–Crippen MR) is 156 cm³/mol. The quantitative estimate of drug-likeness (QED) is 0.301. The number of hydrogen-bond acceptors (Lipinski definition) is 7. The SMILES string of the molecule is Cc1nn2cccnc2c1C(=O)NC(C)c1nc2cccc(C#Cc3cnn(CCO)c3)c2c(=O)n1-c1ccccc1. The molecular formula is C31H26N8O3. The van der Waals surface area contributed by atoms with Crippen molar-refractivity contribution in [3.05, 3.63) is 118 Å². The van der Waals surface area contributed by atoms with E-state index in [0.717, 1.165) is 0 Å². The first kappa shape index (κ1) is 26.6. The van der Waals surface area contributed by atoms with Gasteiger partial charge in [0, 0.05) is 24.2 Å². The van der Waals surface area contributed by atoms with Crippen molar-refractivity contribution >= 4 is 22.5 Å². The molecule has 0 aliphatic rings. The number of aromatic nitrogens is 7. The predicted octanol–water partition coefficient (Wildman–Crippen LogP) is 2.82. The minimum atomic E-state index is -0.653.